The van der Waals surface area contributed by atoms with Crippen molar-refractivity contribution in [3.8, 4) is 0 Å². The molecule has 1 amide bonds. The van der Waals surface area contributed by atoms with E-state index in [4.69, 9.17) is 0 Å². The minimum absolute atomic E-state index is 0. The average Bonchev–Trinajstić information content (AvgIpc) is 3.18. The summed E-state index contributed by atoms with van der Waals surface area (Å²) in [5.74, 6) is -0.256. The number of aromatic nitrogens is 4. The van der Waals surface area contributed by atoms with E-state index in [0.717, 1.165) is 41.8 Å². The van der Waals surface area contributed by atoms with Gasteiger partial charge in [-0.05, 0) is 57.5 Å². The number of rotatable bonds is 3. The van der Waals surface area contributed by atoms with Crippen LogP contribution in [0.2, 0.25) is 0 Å². The standard InChI is InChI=1S/C17H20N6OS.ClH/c1-10-3-4-13-14(9-10)25-17(19-13)20-16(24)15-11(2)23(22-21-15)12-5-7-18-8-6-12;/h3-4,9,12,18H,5-8H2,1-2H3,(H,19,20,24);1H. The number of nitrogens with zero attached hydrogens (tertiary/aromatic N) is 4. The van der Waals surface area contributed by atoms with Gasteiger partial charge in [-0.15, -0.1) is 17.5 Å². The van der Waals surface area contributed by atoms with Gasteiger partial charge in [0.1, 0.15) is 0 Å². The van der Waals surface area contributed by atoms with Crippen LogP contribution in [0.5, 0.6) is 0 Å². The van der Waals surface area contributed by atoms with Crippen molar-refractivity contribution in [1.82, 2.24) is 25.3 Å². The maximum atomic E-state index is 12.6. The van der Waals surface area contributed by atoms with Gasteiger partial charge in [0.15, 0.2) is 10.8 Å². The first-order valence-corrected chi connectivity index (χ1v) is 9.24. The highest BCUT2D eigenvalue weighted by Gasteiger charge is 2.23. The molecule has 0 bridgehead atoms. The Bertz CT molecular complexity index is 931. The van der Waals surface area contributed by atoms with Crippen LogP contribution in [0.4, 0.5) is 5.13 Å². The minimum Gasteiger partial charge on any atom is -0.317 e. The predicted molar refractivity (Wildman–Crippen MR) is 105 cm³/mol. The molecule has 1 aromatic carbocycles. The van der Waals surface area contributed by atoms with E-state index in [2.05, 4.69) is 32.0 Å². The Balaban J connectivity index is 0.00000196. The van der Waals surface area contributed by atoms with Crippen LogP contribution in [0.3, 0.4) is 0 Å². The number of aryl methyl sites for hydroxylation is 1. The number of hydrogen-bond acceptors (Lipinski definition) is 6. The van der Waals surface area contributed by atoms with Gasteiger partial charge in [0.25, 0.3) is 5.91 Å². The highest BCUT2D eigenvalue weighted by atomic mass is 35.5. The summed E-state index contributed by atoms with van der Waals surface area (Å²) in [5, 5.41) is 15.1. The van der Waals surface area contributed by atoms with E-state index in [0.29, 0.717) is 16.9 Å². The van der Waals surface area contributed by atoms with Crippen LogP contribution in [0, 0.1) is 13.8 Å². The summed E-state index contributed by atoms with van der Waals surface area (Å²) in [4.78, 5) is 17.1. The Hall–Kier alpha value is -2.03. The molecular formula is C17H21ClN6OS. The lowest BCUT2D eigenvalue weighted by Gasteiger charge is -2.23. The molecule has 2 N–H and O–H groups in total. The molecule has 0 aliphatic carbocycles. The molecule has 1 aliphatic rings. The van der Waals surface area contributed by atoms with E-state index in [1.54, 1.807) is 0 Å². The Morgan fingerprint density at radius 3 is 2.85 bits per heavy atom. The smallest absolute Gasteiger partial charge is 0.279 e. The third-order valence-electron chi connectivity index (χ3n) is 4.56. The summed E-state index contributed by atoms with van der Waals surface area (Å²) >= 11 is 1.47. The Morgan fingerprint density at radius 1 is 1.31 bits per heavy atom. The van der Waals surface area contributed by atoms with Crippen molar-refractivity contribution in [3.05, 3.63) is 35.2 Å². The number of anilines is 1. The molecule has 0 radical (unpaired) electrons. The molecule has 1 fully saturated rings. The highest BCUT2D eigenvalue weighted by molar-refractivity contribution is 7.22. The number of benzene rings is 1. The van der Waals surface area contributed by atoms with Crippen LogP contribution < -0.4 is 10.6 Å². The van der Waals surface area contributed by atoms with Crippen LogP contribution >= 0.6 is 23.7 Å². The van der Waals surface area contributed by atoms with E-state index in [1.165, 1.54) is 16.9 Å². The summed E-state index contributed by atoms with van der Waals surface area (Å²) in [6.45, 7) is 5.88. The molecule has 0 unspecified atom stereocenters. The summed E-state index contributed by atoms with van der Waals surface area (Å²) in [5.41, 5.74) is 3.24. The van der Waals surface area contributed by atoms with Crippen LogP contribution in [-0.2, 0) is 0 Å². The van der Waals surface area contributed by atoms with Crippen LogP contribution in [0.25, 0.3) is 10.2 Å². The zero-order valence-corrected chi connectivity index (χ0v) is 16.3. The van der Waals surface area contributed by atoms with E-state index < -0.39 is 0 Å². The number of carbonyl (C=O) groups is 1. The number of thiazole rings is 1. The fraction of sp³-hybridized carbons (Fsp3) is 0.412. The SMILES string of the molecule is Cc1ccc2nc(NC(=O)c3nnn(C4CCNCC4)c3C)sc2c1.Cl. The van der Waals surface area contributed by atoms with Gasteiger partial charge in [0.05, 0.1) is 22.0 Å². The fourth-order valence-corrected chi connectivity index (χ4v) is 4.15. The Labute approximate surface area is 161 Å². The number of halogens is 1. The zero-order chi connectivity index (χ0) is 17.4. The number of nitrogens with one attached hydrogen (secondary N) is 2. The van der Waals surface area contributed by atoms with Crippen molar-refractivity contribution in [2.75, 3.05) is 18.4 Å². The van der Waals surface area contributed by atoms with E-state index >= 15 is 0 Å². The van der Waals surface area contributed by atoms with Crippen molar-refractivity contribution >= 4 is 45.0 Å². The summed E-state index contributed by atoms with van der Waals surface area (Å²) in [7, 11) is 0. The van der Waals surface area contributed by atoms with E-state index in [1.807, 2.05) is 30.7 Å². The lowest BCUT2D eigenvalue weighted by molar-refractivity contribution is 0.102. The van der Waals surface area contributed by atoms with Gasteiger partial charge in [-0.2, -0.15) is 0 Å². The van der Waals surface area contributed by atoms with E-state index in [-0.39, 0.29) is 18.3 Å². The van der Waals surface area contributed by atoms with Crippen molar-refractivity contribution in [2.24, 2.45) is 0 Å². The van der Waals surface area contributed by atoms with Gasteiger partial charge >= 0.3 is 0 Å². The maximum Gasteiger partial charge on any atom is 0.279 e. The van der Waals surface area contributed by atoms with Crippen LogP contribution in [0.1, 0.15) is 40.6 Å². The first-order valence-electron chi connectivity index (χ1n) is 8.43. The molecule has 0 spiro atoms. The molecule has 7 nitrogen and oxygen atoms in total. The number of piperidine rings is 1. The molecule has 4 rings (SSSR count). The van der Waals surface area contributed by atoms with Crippen molar-refractivity contribution in [2.45, 2.75) is 32.7 Å². The molecule has 138 valence electrons. The molecule has 3 aromatic rings. The molecule has 2 aromatic heterocycles. The second-order valence-electron chi connectivity index (χ2n) is 6.39. The fourth-order valence-electron chi connectivity index (χ4n) is 3.19. The molecule has 0 atom stereocenters. The van der Waals surface area contributed by atoms with Crippen LogP contribution in [-0.4, -0.2) is 39.0 Å². The third kappa shape index (κ3) is 3.58. The first-order chi connectivity index (χ1) is 12.1. The van der Waals surface area contributed by atoms with Crippen molar-refractivity contribution < 1.29 is 4.79 Å². The van der Waals surface area contributed by atoms with E-state index in [9.17, 15) is 4.79 Å². The van der Waals surface area contributed by atoms with Gasteiger partial charge in [0.2, 0.25) is 0 Å². The van der Waals surface area contributed by atoms with Gasteiger partial charge in [-0.25, -0.2) is 9.67 Å². The Morgan fingerprint density at radius 2 is 2.08 bits per heavy atom. The number of carbonyl (C=O) groups excluding carboxylic acids is 1. The Kier molecular flexibility index (Phi) is 5.55. The minimum atomic E-state index is -0.256. The normalized spacial score (nSPS) is 15.0. The van der Waals surface area contributed by atoms with Crippen LogP contribution in [0.15, 0.2) is 18.2 Å². The van der Waals surface area contributed by atoms with Gasteiger partial charge in [-0.1, -0.05) is 22.6 Å². The second kappa shape index (κ2) is 7.69. The lowest BCUT2D eigenvalue weighted by atomic mass is 10.1. The molecule has 9 heteroatoms. The first kappa shape index (κ1) is 18.8. The topological polar surface area (TPSA) is 84.7 Å². The molecule has 0 saturated carbocycles. The summed E-state index contributed by atoms with van der Waals surface area (Å²) < 4.78 is 2.95. The molecule has 3 heterocycles. The van der Waals surface area contributed by atoms with Gasteiger partial charge in [0, 0.05) is 0 Å². The van der Waals surface area contributed by atoms with Crippen molar-refractivity contribution in [1.29, 1.82) is 0 Å². The predicted octanol–water partition coefficient (Wildman–Crippen LogP) is 3.10. The number of hydrogen-bond donors (Lipinski definition) is 2. The monoisotopic (exact) mass is 392 g/mol. The number of fused-ring (bicyclic) bond motifs is 1. The maximum absolute atomic E-state index is 12.6. The summed E-state index contributed by atoms with van der Waals surface area (Å²) in [6.07, 6.45) is 2.00. The number of amides is 1. The highest BCUT2D eigenvalue weighted by Crippen LogP contribution is 2.27. The van der Waals surface area contributed by atoms with Crippen molar-refractivity contribution in [3.63, 3.8) is 0 Å². The quantitative estimate of drug-likeness (QED) is 0.715. The van der Waals surface area contributed by atoms with Gasteiger partial charge in [-0.3, -0.25) is 10.1 Å². The second-order valence-corrected chi connectivity index (χ2v) is 7.42. The lowest BCUT2D eigenvalue weighted by Crippen LogP contribution is -2.30. The average molecular weight is 393 g/mol. The molecular weight excluding hydrogens is 372 g/mol. The molecule has 26 heavy (non-hydrogen) atoms. The zero-order valence-electron chi connectivity index (χ0n) is 14.7. The van der Waals surface area contributed by atoms with Gasteiger partial charge < -0.3 is 5.32 Å². The molecule has 1 aliphatic heterocycles. The largest absolute Gasteiger partial charge is 0.317 e. The third-order valence-corrected chi connectivity index (χ3v) is 5.50. The molecule has 1 saturated heterocycles. The summed E-state index contributed by atoms with van der Waals surface area (Å²) in [6, 6.07) is 6.36.